The number of nitriles is 1. The van der Waals surface area contributed by atoms with E-state index in [0.29, 0.717) is 4.60 Å². The van der Waals surface area contributed by atoms with Crippen LogP contribution in [0, 0.1) is 11.3 Å². The molecule has 2 rings (SSSR count). The average molecular weight is 328 g/mol. The van der Waals surface area contributed by atoms with Gasteiger partial charge in [-0.15, -0.1) is 0 Å². The van der Waals surface area contributed by atoms with Crippen LogP contribution in [0.25, 0.3) is 0 Å². The van der Waals surface area contributed by atoms with Gasteiger partial charge in [0.2, 0.25) is 0 Å². The number of hydrogen-bond donors (Lipinski definition) is 1. The summed E-state index contributed by atoms with van der Waals surface area (Å²) in [6.07, 6.45) is -1.03. The number of halogens is 2. The summed E-state index contributed by atoms with van der Waals surface area (Å²) < 4.78 is 18.3. The molecule has 0 bridgehead atoms. The number of pyridine rings is 1. The van der Waals surface area contributed by atoms with Crippen molar-refractivity contribution in [3.05, 3.63) is 22.3 Å². The molecule has 1 aliphatic rings. The van der Waals surface area contributed by atoms with Crippen LogP contribution in [-0.2, 0) is 9.53 Å². The molecule has 0 atom stereocenters. The monoisotopic (exact) mass is 327 g/mol. The molecular weight excluding hydrogens is 317 g/mol. The van der Waals surface area contributed by atoms with E-state index in [4.69, 9.17) is 10.00 Å². The maximum absolute atomic E-state index is 13.1. The molecule has 0 radical (unpaired) electrons. The van der Waals surface area contributed by atoms with Gasteiger partial charge in [0.05, 0.1) is 12.7 Å². The number of rotatable bonds is 3. The first-order valence-corrected chi connectivity index (χ1v) is 6.37. The summed E-state index contributed by atoms with van der Waals surface area (Å²) in [6, 6.07) is 5.15. The molecule has 19 heavy (non-hydrogen) atoms. The van der Waals surface area contributed by atoms with Gasteiger partial charge >= 0.3 is 5.97 Å². The minimum absolute atomic E-state index is 0.0126. The summed E-state index contributed by atoms with van der Waals surface area (Å²) in [7, 11) is 1.25. The van der Waals surface area contributed by atoms with Gasteiger partial charge in [-0.1, -0.05) is 0 Å². The summed E-state index contributed by atoms with van der Waals surface area (Å²) in [5.74, 6) is -0.304. The van der Waals surface area contributed by atoms with Gasteiger partial charge in [-0.05, 0) is 28.1 Å². The molecule has 0 aromatic carbocycles. The topological polar surface area (TPSA) is 75.0 Å². The van der Waals surface area contributed by atoms with E-state index in [0.717, 1.165) is 0 Å². The fourth-order valence-corrected chi connectivity index (χ4v) is 2.37. The lowest BCUT2D eigenvalue weighted by atomic mass is 9.75. The Balaban J connectivity index is 2.31. The van der Waals surface area contributed by atoms with Gasteiger partial charge in [0.1, 0.15) is 28.2 Å². The zero-order valence-electron chi connectivity index (χ0n) is 10.1. The third kappa shape index (κ3) is 2.54. The first-order chi connectivity index (χ1) is 9.00. The smallest absolute Gasteiger partial charge is 0.331 e. The highest BCUT2D eigenvalue weighted by Gasteiger charge is 2.52. The standard InChI is InChI=1S/C12H11BrFN3O2/c1-19-11(18)12(4-8(14)5-12)17-10-7(6-15)2-3-9(13)16-10/h2-3,8H,4-5H2,1H3,(H,16,17). The second-order valence-corrected chi connectivity index (χ2v) is 5.16. The fraction of sp³-hybridized carbons (Fsp3) is 0.417. The van der Waals surface area contributed by atoms with Gasteiger partial charge < -0.3 is 10.1 Å². The minimum atomic E-state index is -1.13. The van der Waals surface area contributed by atoms with E-state index in [9.17, 15) is 9.18 Å². The van der Waals surface area contributed by atoms with Crippen LogP contribution < -0.4 is 5.32 Å². The van der Waals surface area contributed by atoms with E-state index in [1.54, 1.807) is 12.1 Å². The molecule has 5 nitrogen and oxygen atoms in total. The molecule has 1 saturated carbocycles. The van der Waals surface area contributed by atoms with Crippen molar-refractivity contribution in [3.8, 4) is 6.07 Å². The molecule has 1 N–H and O–H groups in total. The van der Waals surface area contributed by atoms with Crippen LogP contribution in [0.3, 0.4) is 0 Å². The molecule has 0 saturated heterocycles. The van der Waals surface area contributed by atoms with E-state index in [-0.39, 0.29) is 24.2 Å². The number of methoxy groups -OCH3 is 1. The van der Waals surface area contributed by atoms with E-state index < -0.39 is 17.7 Å². The lowest BCUT2D eigenvalue weighted by Crippen LogP contribution is -2.58. The summed E-state index contributed by atoms with van der Waals surface area (Å²) in [6.45, 7) is 0. The largest absolute Gasteiger partial charge is 0.467 e. The summed E-state index contributed by atoms with van der Waals surface area (Å²) in [4.78, 5) is 15.9. The number of aromatic nitrogens is 1. The minimum Gasteiger partial charge on any atom is -0.467 e. The van der Waals surface area contributed by atoms with Gasteiger partial charge in [-0.3, -0.25) is 0 Å². The molecule has 1 heterocycles. The number of nitrogens with zero attached hydrogens (tertiary/aromatic N) is 2. The van der Waals surface area contributed by atoms with Gasteiger partial charge in [0, 0.05) is 12.8 Å². The summed E-state index contributed by atoms with van der Waals surface area (Å²) >= 11 is 3.19. The number of carbonyl (C=O) groups is 1. The Labute approximate surface area is 117 Å². The van der Waals surface area contributed by atoms with Crippen molar-refractivity contribution in [2.24, 2.45) is 0 Å². The lowest BCUT2D eigenvalue weighted by Gasteiger charge is -2.42. The van der Waals surface area contributed by atoms with Crippen molar-refractivity contribution in [2.75, 3.05) is 12.4 Å². The number of hydrogen-bond acceptors (Lipinski definition) is 5. The van der Waals surface area contributed by atoms with Gasteiger partial charge in [0.25, 0.3) is 0 Å². The van der Waals surface area contributed by atoms with Crippen molar-refractivity contribution in [1.29, 1.82) is 5.26 Å². The van der Waals surface area contributed by atoms with E-state index in [1.807, 2.05) is 6.07 Å². The number of anilines is 1. The van der Waals surface area contributed by atoms with Crippen molar-refractivity contribution >= 4 is 27.7 Å². The Hall–Kier alpha value is -1.68. The third-order valence-corrected chi connectivity index (χ3v) is 3.50. The average Bonchev–Trinajstić information content (AvgIpc) is 2.36. The van der Waals surface area contributed by atoms with Gasteiger partial charge in [-0.25, -0.2) is 14.2 Å². The third-order valence-electron chi connectivity index (χ3n) is 3.06. The van der Waals surface area contributed by atoms with E-state index >= 15 is 0 Å². The molecule has 0 amide bonds. The molecule has 100 valence electrons. The fourth-order valence-electron chi connectivity index (χ4n) is 2.06. The zero-order chi connectivity index (χ0) is 14.0. The molecule has 7 heteroatoms. The molecule has 0 unspecified atom stereocenters. The van der Waals surface area contributed by atoms with Crippen molar-refractivity contribution in [1.82, 2.24) is 4.98 Å². The Morgan fingerprint density at radius 2 is 2.37 bits per heavy atom. The zero-order valence-corrected chi connectivity index (χ0v) is 11.7. The summed E-state index contributed by atoms with van der Waals surface area (Å²) in [5, 5.41) is 11.9. The van der Waals surface area contributed by atoms with Crippen LogP contribution in [0.5, 0.6) is 0 Å². The van der Waals surface area contributed by atoms with Crippen LogP contribution in [0.4, 0.5) is 10.2 Å². The normalized spacial score (nSPS) is 25.1. The molecule has 1 aromatic heterocycles. The first-order valence-electron chi connectivity index (χ1n) is 5.58. The molecule has 1 aliphatic carbocycles. The molecule has 0 spiro atoms. The quantitative estimate of drug-likeness (QED) is 0.680. The van der Waals surface area contributed by atoms with Crippen molar-refractivity contribution in [3.63, 3.8) is 0 Å². The van der Waals surface area contributed by atoms with Crippen LogP contribution in [0.2, 0.25) is 0 Å². The van der Waals surface area contributed by atoms with Crippen LogP contribution >= 0.6 is 15.9 Å². The molecule has 1 fully saturated rings. The van der Waals surface area contributed by atoms with Crippen LogP contribution in [0.1, 0.15) is 18.4 Å². The number of ether oxygens (including phenoxy) is 1. The SMILES string of the molecule is COC(=O)C1(Nc2nc(Br)ccc2C#N)CC(F)C1. The number of esters is 1. The highest BCUT2D eigenvalue weighted by molar-refractivity contribution is 9.10. The van der Waals surface area contributed by atoms with E-state index in [2.05, 4.69) is 26.2 Å². The predicted molar refractivity (Wildman–Crippen MR) is 69.2 cm³/mol. The maximum Gasteiger partial charge on any atom is 0.331 e. The summed E-state index contributed by atoms with van der Waals surface area (Å²) in [5.41, 5.74) is -0.845. The Morgan fingerprint density at radius 3 is 2.89 bits per heavy atom. The lowest BCUT2D eigenvalue weighted by molar-refractivity contribution is -0.151. The van der Waals surface area contributed by atoms with Crippen molar-refractivity contribution < 1.29 is 13.9 Å². The Morgan fingerprint density at radius 1 is 1.68 bits per heavy atom. The number of nitrogens with one attached hydrogen (secondary N) is 1. The van der Waals surface area contributed by atoms with E-state index in [1.165, 1.54) is 7.11 Å². The molecule has 0 aliphatic heterocycles. The Bertz CT molecular complexity index is 552. The Kier molecular flexibility index (Phi) is 3.71. The second-order valence-electron chi connectivity index (χ2n) is 4.35. The van der Waals surface area contributed by atoms with Crippen LogP contribution in [0.15, 0.2) is 16.7 Å². The second kappa shape index (κ2) is 5.13. The van der Waals surface area contributed by atoms with Gasteiger partial charge in [-0.2, -0.15) is 5.26 Å². The van der Waals surface area contributed by atoms with Crippen molar-refractivity contribution in [2.45, 2.75) is 24.6 Å². The number of alkyl halides is 1. The number of carbonyl (C=O) groups excluding carboxylic acids is 1. The van der Waals surface area contributed by atoms with Crippen LogP contribution in [-0.4, -0.2) is 29.8 Å². The highest BCUT2D eigenvalue weighted by Crippen LogP contribution is 2.39. The van der Waals surface area contributed by atoms with Gasteiger partial charge in [0.15, 0.2) is 0 Å². The first kappa shape index (κ1) is 13.7. The highest BCUT2D eigenvalue weighted by atomic mass is 79.9. The maximum atomic E-state index is 13.1. The predicted octanol–water partition coefficient (Wildman–Crippen LogP) is 2.17. The molecule has 1 aromatic rings. The molecular formula is C12H11BrFN3O2.